The van der Waals surface area contributed by atoms with Gasteiger partial charge in [-0.3, -0.25) is 0 Å². The number of ether oxygens (including phenoxy) is 1. The first kappa shape index (κ1) is 24.3. The average Bonchev–Trinajstić information content (AvgIpc) is 3.25. The van der Waals surface area contributed by atoms with E-state index in [-0.39, 0.29) is 12.6 Å². The molecule has 1 unspecified atom stereocenters. The maximum Gasteiger partial charge on any atom is 0.219 e. The molecule has 1 atom stereocenters. The van der Waals surface area contributed by atoms with Gasteiger partial charge in [0.05, 0.1) is 41.7 Å². The molecule has 0 spiro atoms. The molecule has 36 heavy (non-hydrogen) atoms. The molecule has 0 aliphatic carbocycles. The van der Waals surface area contributed by atoms with Gasteiger partial charge in [-0.1, -0.05) is 0 Å². The Hall–Kier alpha value is -3.45. The monoisotopic (exact) mass is 508 g/mol. The molecule has 0 amide bonds. The first-order chi connectivity index (χ1) is 17.4. The number of morpholine rings is 1. The zero-order valence-electron chi connectivity index (χ0n) is 20.1. The minimum absolute atomic E-state index is 0.203. The standard InChI is InChI=1S/C24H28N8O3S/c1-14-19-21(36-20(14)15-3-4-18(26-9-15)31(2)12-17(34)13-33)23(32-5-7-35-8-6-32)30-22(29-19)16-10-27-24(25)28-11-16/h3-4,9-11,17,33-34H,5-8,12-13H2,1-2H3,(H2,25,27,28). The normalized spacial score (nSPS) is 14.8. The Labute approximate surface area is 212 Å². The van der Waals surface area contributed by atoms with E-state index >= 15 is 0 Å². The quantitative estimate of drug-likeness (QED) is 0.335. The summed E-state index contributed by atoms with van der Waals surface area (Å²) in [6.07, 6.45) is 4.29. The fourth-order valence-electron chi connectivity index (χ4n) is 4.13. The van der Waals surface area contributed by atoms with E-state index in [1.807, 2.05) is 30.3 Å². The number of nitrogens with zero attached hydrogens (tertiary/aromatic N) is 7. The number of rotatable bonds is 7. The molecule has 1 saturated heterocycles. The van der Waals surface area contributed by atoms with E-state index in [4.69, 9.17) is 25.5 Å². The Bertz CT molecular complexity index is 1340. The van der Waals surface area contributed by atoms with Crippen molar-refractivity contribution < 1.29 is 14.9 Å². The van der Waals surface area contributed by atoms with Crippen LogP contribution < -0.4 is 15.5 Å². The lowest BCUT2D eigenvalue weighted by Gasteiger charge is -2.28. The number of aryl methyl sites for hydroxylation is 1. The van der Waals surface area contributed by atoms with E-state index in [2.05, 4.69) is 26.8 Å². The summed E-state index contributed by atoms with van der Waals surface area (Å²) in [5.74, 6) is 2.34. The van der Waals surface area contributed by atoms with Crippen LogP contribution in [0.15, 0.2) is 30.7 Å². The summed E-state index contributed by atoms with van der Waals surface area (Å²) < 4.78 is 6.57. The summed E-state index contributed by atoms with van der Waals surface area (Å²) >= 11 is 1.65. The number of anilines is 3. The Balaban J connectivity index is 1.57. The van der Waals surface area contributed by atoms with E-state index in [0.717, 1.165) is 45.1 Å². The topological polar surface area (TPSA) is 147 Å². The van der Waals surface area contributed by atoms with Gasteiger partial charge in [-0.2, -0.15) is 0 Å². The second-order valence-electron chi connectivity index (χ2n) is 8.66. The molecule has 1 aliphatic rings. The number of likely N-dealkylation sites (N-methyl/N-ethyl adjacent to an activating group) is 1. The van der Waals surface area contributed by atoms with Gasteiger partial charge in [0, 0.05) is 55.7 Å². The minimum Gasteiger partial charge on any atom is -0.394 e. The molecular weight excluding hydrogens is 480 g/mol. The third-order valence-corrected chi connectivity index (χ3v) is 7.41. The number of nitrogens with two attached hydrogens (primary N) is 1. The lowest BCUT2D eigenvalue weighted by molar-refractivity contribution is 0.101. The summed E-state index contributed by atoms with van der Waals surface area (Å²) in [6.45, 7) is 4.85. The molecule has 0 radical (unpaired) electrons. The fourth-order valence-corrected chi connectivity index (χ4v) is 5.39. The van der Waals surface area contributed by atoms with Gasteiger partial charge < -0.3 is 30.5 Å². The Kier molecular flexibility index (Phi) is 6.92. The molecular formula is C24H28N8O3S. The van der Waals surface area contributed by atoms with Crippen molar-refractivity contribution in [2.45, 2.75) is 13.0 Å². The molecule has 4 aromatic rings. The van der Waals surface area contributed by atoms with Gasteiger partial charge in [-0.15, -0.1) is 11.3 Å². The lowest BCUT2D eigenvalue weighted by Crippen LogP contribution is -2.36. The SMILES string of the molecule is Cc1c(-c2ccc(N(C)CC(O)CO)nc2)sc2c(N3CCOCC3)nc(-c3cnc(N)nc3)nc12. The van der Waals surface area contributed by atoms with Gasteiger partial charge in [0.2, 0.25) is 5.95 Å². The predicted octanol–water partition coefficient (Wildman–Crippen LogP) is 1.73. The van der Waals surface area contributed by atoms with Crippen LogP contribution in [0.1, 0.15) is 5.56 Å². The summed E-state index contributed by atoms with van der Waals surface area (Å²) in [7, 11) is 1.83. The highest BCUT2D eigenvalue weighted by atomic mass is 32.1. The summed E-state index contributed by atoms with van der Waals surface area (Å²) in [5, 5.41) is 18.8. The summed E-state index contributed by atoms with van der Waals surface area (Å²) in [6, 6.07) is 3.92. The van der Waals surface area contributed by atoms with Gasteiger partial charge in [-0.25, -0.2) is 24.9 Å². The fraction of sp³-hybridized carbons (Fsp3) is 0.375. The van der Waals surface area contributed by atoms with Crippen molar-refractivity contribution in [1.29, 1.82) is 0 Å². The van der Waals surface area contributed by atoms with E-state index in [1.165, 1.54) is 0 Å². The van der Waals surface area contributed by atoms with E-state index in [9.17, 15) is 5.11 Å². The van der Waals surface area contributed by atoms with Crippen LogP contribution in [0.4, 0.5) is 17.6 Å². The number of thiophene rings is 1. The van der Waals surface area contributed by atoms with E-state index < -0.39 is 6.10 Å². The molecule has 0 saturated carbocycles. The molecule has 4 N–H and O–H groups in total. The van der Waals surface area contributed by atoms with Crippen LogP contribution in [0.3, 0.4) is 0 Å². The van der Waals surface area contributed by atoms with Crippen LogP contribution in [-0.4, -0.2) is 87.7 Å². The van der Waals surface area contributed by atoms with Gasteiger partial charge >= 0.3 is 0 Å². The summed E-state index contributed by atoms with van der Waals surface area (Å²) in [5.41, 5.74) is 9.28. The number of hydrogen-bond donors (Lipinski definition) is 3. The number of pyridine rings is 1. The number of fused-ring (bicyclic) bond motifs is 1. The van der Waals surface area contributed by atoms with Gasteiger partial charge in [-0.05, 0) is 24.6 Å². The van der Waals surface area contributed by atoms with Crippen molar-refractivity contribution in [2.24, 2.45) is 0 Å². The molecule has 0 aromatic carbocycles. The first-order valence-corrected chi connectivity index (χ1v) is 12.4. The number of hydrogen-bond acceptors (Lipinski definition) is 12. The molecule has 5 rings (SSSR count). The van der Waals surface area contributed by atoms with Crippen LogP contribution >= 0.6 is 11.3 Å². The third-order valence-electron chi connectivity index (χ3n) is 6.08. The summed E-state index contributed by atoms with van der Waals surface area (Å²) in [4.78, 5) is 27.8. The van der Waals surface area contributed by atoms with E-state index in [0.29, 0.717) is 37.0 Å². The lowest BCUT2D eigenvalue weighted by atomic mass is 10.1. The van der Waals surface area contributed by atoms with Crippen molar-refractivity contribution in [3.63, 3.8) is 0 Å². The number of aliphatic hydroxyl groups is 2. The highest BCUT2D eigenvalue weighted by Gasteiger charge is 2.23. The molecule has 4 aromatic heterocycles. The zero-order valence-corrected chi connectivity index (χ0v) is 20.9. The maximum atomic E-state index is 9.73. The maximum absolute atomic E-state index is 9.73. The molecule has 1 fully saturated rings. The van der Waals surface area contributed by atoms with Crippen molar-refractivity contribution in [2.75, 3.05) is 62.0 Å². The number of aliphatic hydroxyl groups excluding tert-OH is 2. The van der Waals surface area contributed by atoms with Gasteiger partial charge in [0.25, 0.3) is 0 Å². The second-order valence-corrected chi connectivity index (χ2v) is 9.68. The highest BCUT2D eigenvalue weighted by molar-refractivity contribution is 7.23. The highest BCUT2D eigenvalue weighted by Crippen LogP contribution is 2.42. The van der Waals surface area contributed by atoms with Crippen LogP contribution in [-0.2, 0) is 4.74 Å². The first-order valence-electron chi connectivity index (χ1n) is 11.6. The molecule has 11 nitrogen and oxygen atoms in total. The number of aromatic nitrogens is 5. The van der Waals surface area contributed by atoms with Crippen LogP contribution in [0.5, 0.6) is 0 Å². The molecule has 0 bridgehead atoms. The molecule has 1 aliphatic heterocycles. The Morgan fingerprint density at radius 1 is 1.11 bits per heavy atom. The second kappa shape index (κ2) is 10.3. The molecule has 12 heteroatoms. The van der Waals surface area contributed by atoms with Gasteiger partial charge in [0.15, 0.2) is 11.6 Å². The minimum atomic E-state index is -0.820. The largest absolute Gasteiger partial charge is 0.394 e. The van der Waals surface area contributed by atoms with Crippen molar-refractivity contribution in [3.8, 4) is 21.8 Å². The van der Waals surface area contributed by atoms with E-state index in [1.54, 1.807) is 23.7 Å². The third kappa shape index (κ3) is 4.80. The average molecular weight is 509 g/mol. The Morgan fingerprint density at radius 3 is 2.50 bits per heavy atom. The number of nitrogen functional groups attached to an aromatic ring is 1. The smallest absolute Gasteiger partial charge is 0.219 e. The van der Waals surface area contributed by atoms with Crippen LogP contribution in [0.2, 0.25) is 0 Å². The Morgan fingerprint density at radius 2 is 1.83 bits per heavy atom. The molecule has 5 heterocycles. The van der Waals surface area contributed by atoms with Crippen molar-refractivity contribution in [3.05, 3.63) is 36.3 Å². The predicted molar refractivity (Wildman–Crippen MR) is 140 cm³/mol. The van der Waals surface area contributed by atoms with Crippen LogP contribution in [0, 0.1) is 6.92 Å². The van der Waals surface area contributed by atoms with Crippen molar-refractivity contribution in [1.82, 2.24) is 24.9 Å². The van der Waals surface area contributed by atoms with Crippen molar-refractivity contribution >= 4 is 39.1 Å². The van der Waals surface area contributed by atoms with Gasteiger partial charge in [0.1, 0.15) is 5.82 Å². The molecule has 188 valence electrons. The van der Waals surface area contributed by atoms with Crippen LogP contribution in [0.25, 0.3) is 32.0 Å². The zero-order chi connectivity index (χ0) is 25.2.